The van der Waals surface area contributed by atoms with Crippen LogP contribution in [0.3, 0.4) is 0 Å². The van der Waals surface area contributed by atoms with E-state index >= 15 is 4.39 Å². The molecular formula is C36H48AuFN6O8S2. The van der Waals surface area contributed by atoms with Gasteiger partial charge in [0.15, 0.2) is 0 Å². The van der Waals surface area contributed by atoms with Crippen molar-refractivity contribution in [3.05, 3.63) is 74.4 Å². The number of hydrogen-bond donors (Lipinski definition) is 0. The van der Waals surface area contributed by atoms with Crippen molar-refractivity contribution in [2.75, 3.05) is 18.5 Å². The van der Waals surface area contributed by atoms with Gasteiger partial charge in [0.1, 0.15) is 5.60 Å². The molecule has 5 rings (SSSR count). The maximum absolute atomic E-state index is 15.7. The summed E-state index contributed by atoms with van der Waals surface area (Å²) >= 11 is -1.33. The summed E-state index contributed by atoms with van der Waals surface area (Å²) in [6.45, 7) is 12.1. The van der Waals surface area contributed by atoms with Gasteiger partial charge in [0, 0.05) is 18.8 Å². The number of fused-ring (bicyclic) bond motifs is 1. The molecule has 300 valence electrons. The molecule has 1 aromatic carbocycles. The van der Waals surface area contributed by atoms with Crippen molar-refractivity contribution in [2.45, 2.75) is 105 Å². The van der Waals surface area contributed by atoms with Gasteiger partial charge in [0.05, 0.1) is 11.7 Å². The number of ether oxygens (including phenoxy) is 2. The van der Waals surface area contributed by atoms with E-state index < -0.39 is 68.4 Å². The van der Waals surface area contributed by atoms with Crippen LogP contribution in [0.5, 0.6) is 0 Å². The number of benzene rings is 1. The van der Waals surface area contributed by atoms with Crippen molar-refractivity contribution in [2.24, 2.45) is 7.05 Å². The zero-order valence-corrected chi connectivity index (χ0v) is 36.0. The Morgan fingerprint density at radius 2 is 1.65 bits per heavy atom. The van der Waals surface area contributed by atoms with E-state index in [1.165, 1.54) is 27.6 Å². The van der Waals surface area contributed by atoms with Crippen molar-refractivity contribution >= 4 is 47.5 Å². The van der Waals surface area contributed by atoms with Crippen LogP contribution in [0.2, 0.25) is 9.78 Å². The zero-order valence-electron chi connectivity index (χ0n) is 32.2. The van der Waals surface area contributed by atoms with Crippen molar-refractivity contribution < 1.29 is 50.3 Å². The van der Waals surface area contributed by atoms with E-state index in [4.69, 9.17) is 9.47 Å². The van der Waals surface area contributed by atoms with Gasteiger partial charge in [-0.3, -0.25) is 9.48 Å². The zero-order chi connectivity index (χ0) is 40.1. The SMILES string of the molecule is CN(C[CH2][Au]([CH3])[C](=O)OC(C)(C)C)c1ccc(Cn2c(=O)n(Cc3cnn(C)c3)c(=O)c3cc(S(=O)(=O)N(C(=O)OC(C)(C)C)C4(C)CC4)sc32)cc1F. The number of hydrogen-bond acceptors (Lipinski definition) is 11. The monoisotopic (exact) mass is 972 g/mol. The molecule has 1 fully saturated rings. The van der Waals surface area contributed by atoms with Gasteiger partial charge in [-0.1, -0.05) is 0 Å². The Labute approximate surface area is 324 Å². The molecule has 0 N–H and O–H groups in total. The Morgan fingerprint density at radius 3 is 2.20 bits per heavy atom. The molecule has 54 heavy (non-hydrogen) atoms. The first kappa shape index (κ1) is 41.4. The summed E-state index contributed by atoms with van der Waals surface area (Å²) in [5, 5.41) is 5.99. The molecule has 4 aromatic rings. The summed E-state index contributed by atoms with van der Waals surface area (Å²) in [4.78, 5) is 55.7. The third-order valence-corrected chi connectivity index (χ3v) is 15.8. The number of aryl methyl sites for hydroxylation is 1. The first-order chi connectivity index (χ1) is 24.9. The van der Waals surface area contributed by atoms with Crippen LogP contribution in [0.1, 0.15) is 72.4 Å². The predicted molar refractivity (Wildman–Crippen MR) is 201 cm³/mol. The second kappa shape index (κ2) is 15.1. The number of aromatic nitrogens is 4. The van der Waals surface area contributed by atoms with E-state index in [0.717, 1.165) is 8.87 Å². The van der Waals surface area contributed by atoms with Gasteiger partial charge in [-0.15, -0.1) is 0 Å². The number of sulfonamides is 1. The number of carbonyl (C=O) groups excluding carboxylic acids is 2. The van der Waals surface area contributed by atoms with Crippen molar-refractivity contribution in [1.29, 1.82) is 0 Å². The second-order valence-electron chi connectivity index (χ2n) is 15.6. The maximum atomic E-state index is 15.7. The van der Waals surface area contributed by atoms with E-state index in [-0.39, 0.29) is 31.7 Å². The summed E-state index contributed by atoms with van der Waals surface area (Å²) in [5.41, 5.74) is -2.78. The fourth-order valence-electron chi connectivity index (χ4n) is 5.50. The molecule has 3 aromatic heterocycles. The third-order valence-electron chi connectivity index (χ3n) is 8.47. The van der Waals surface area contributed by atoms with Gasteiger partial charge in [-0.2, -0.15) is 17.8 Å². The van der Waals surface area contributed by atoms with E-state index in [0.29, 0.717) is 52.2 Å². The van der Waals surface area contributed by atoms with Gasteiger partial charge in [0.25, 0.3) is 10.0 Å². The van der Waals surface area contributed by atoms with Crippen LogP contribution in [-0.4, -0.2) is 72.3 Å². The van der Waals surface area contributed by atoms with Crippen LogP contribution in [0.15, 0.2) is 50.5 Å². The third kappa shape index (κ3) is 9.18. The molecule has 0 atom stereocenters. The number of thiophene rings is 1. The fraction of sp³-hybridized carbons (Fsp3) is 0.528. The molecule has 0 bridgehead atoms. The first-order valence-corrected chi connectivity index (χ1v) is 24.1. The summed E-state index contributed by atoms with van der Waals surface area (Å²) in [5.74, 6) is -0.559. The molecular weight excluding hydrogens is 925 g/mol. The number of nitrogens with zero attached hydrogens (tertiary/aromatic N) is 6. The number of rotatable bonds is 12. The molecule has 3 heterocycles. The van der Waals surface area contributed by atoms with Crippen LogP contribution in [-0.2, 0) is 58.1 Å². The van der Waals surface area contributed by atoms with Gasteiger partial charge in [0.2, 0.25) is 0 Å². The molecule has 18 heteroatoms. The first-order valence-electron chi connectivity index (χ1n) is 17.0. The molecule has 1 aliphatic carbocycles. The second-order valence-corrected chi connectivity index (χ2v) is 24.0. The topological polar surface area (TPSA) is 155 Å². The minimum atomic E-state index is -4.56. The van der Waals surface area contributed by atoms with Crippen molar-refractivity contribution in [3.63, 3.8) is 0 Å². The number of amides is 1. The molecule has 1 aliphatic rings. The molecule has 0 unspecified atom stereocenters. The normalized spacial score (nSPS) is 14.5. The van der Waals surface area contributed by atoms with Crippen LogP contribution < -0.4 is 16.1 Å². The number of anilines is 1. The average Bonchev–Trinajstić information content (AvgIpc) is 3.39. The van der Waals surface area contributed by atoms with E-state index in [1.54, 1.807) is 65.0 Å². The van der Waals surface area contributed by atoms with E-state index in [9.17, 15) is 27.6 Å². The van der Waals surface area contributed by atoms with Crippen LogP contribution in [0.25, 0.3) is 10.2 Å². The molecule has 14 nitrogen and oxygen atoms in total. The molecule has 0 spiro atoms. The minimum absolute atomic E-state index is 0.0486. The molecule has 0 radical (unpaired) electrons. The summed E-state index contributed by atoms with van der Waals surface area (Å²) in [6.07, 6.45) is 3.00. The summed E-state index contributed by atoms with van der Waals surface area (Å²) in [7, 11) is -1.13. The van der Waals surface area contributed by atoms with Gasteiger partial charge in [-0.25, -0.2) is 4.79 Å². The Balaban J connectivity index is 1.53. The van der Waals surface area contributed by atoms with Gasteiger partial charge >= 0.3 is 203 Å². The molecule has 1 saturated carbocycles. The van der Waals surface area contributed by atoms with Crippen molar-refractivity contribution in [1.82, 2.24) is 23.2 Å². The Morgan fingerprint density at radius 1 is 1.02 bits per heavy atom. The molecule has 0 aliphatic heterocycles. The average molecular weight is 973 g/mol. The van der Waals surface area contributed by atoms with Gasteiger partial charge < -0.3 is 4.74 Å². The number of carbonyl (C=O) groups is 2. The van der Waals surface area contributed by atoms with Gasteiger partial charge in [-0.05, 0) is 40.5 Å². The van der Waals surface area contributed by atoms with E-state index in [2.05, 4.69) is 5.10 Å². The predicted octanol–water partition coefficient (Wildman–Crippen LogP) is 6.13. The standard InChI is InChI=1S/C30H36FN6O6S2.C5H9O2.CH3.Au/c1-8-33(6)23-10-9-19(13-22(23)31)17-36-26-21(25(38)35(27(36)39)18-20-15-32-34(7)16-20)14-24(44-26)45(41,42)37(30(5)11-12-30)28(40)43-29(2,3)4;1-5(2,3)7-4-6;;/h9-10,13-16H,1,8,11-12,17-18H2,2-7H3;1-3H3;1H3;. The summed E-state index contributed by atoms with van der Waals surface area (Å²) in [6, 6.07) is 5.72. The van der Waals surface area contributed by atoms with Crippen molar-refractivity contribution in [3.8, 4) is 0 Å². The Bertz CT molecular complexity index is 2310. The fourth-order valence-corrected chi connectivity index (χ4v) is 11.6. The molecule has 1 amide bonds. The van der Waals surface area contributed by atoms with E-state index in [1.807, 2.05) is 25.9 Å². The number of halogens is 1. The Hall–Kier alpha value is -3.77. The van der Waals surface area contributed by atoms with Crippen LogP contribution in [0, 0.1) is 5.82 Å². The summed E-state index contributed by atoms with van der Waals surface area (Å²) < 4.78 is 59.8. The van der Waals surface area contributed by atoms with Crippen LogP contribution in [0.4, 0.5) is 19.7 Å². The van der Waals surface area contributed by atoms with Crippen LogP contribution >= 0.6 is 11.3 Å². The Kier molecular flexibility index (Phi) is 11.5. The molecule has 0 saturated heterocycles. The quantitative estimate of drug-likeness (QED) is 0.152.